The minimum absolute atomic E-state index is 0.122. The fourth-order valence-electron chi connectivity index (χ4n) is 2.76. The molecule has 0 spiro atoms. The molecule has 0 aromatic rings. The largest absolute Gasteiger partial charge is 0.351 e. The molecule has 1 atom stereocenters. The van der Waals surface area contributed by atoms with Crippen molar-refractivity contribution >= 4 is 18.4 Å². The van der Waals surface area contributed by atoms with Crippen LogP contribution >= 0.6 is 10.6 Å². The van der Waals surface area contributed by atoms with E-state index in [2.05, 4.69) is 19.4 Å². The Hall–Kier alpha value is 0.295. The fraction of sp³-hybridized carbons (Fsp3) is 1.00. The highest BCUT2D eigenvalue weighted by atomic mass is 32.3. The molecule has 5 heteroatoms. The predicted octanol–water partition coefficient (Wildman–Crippen LogP) is 6.56. The van der Waals surface area contributed by atoms with E-state index in [-0.39, 0.29) is 6.29 Å². The summed E-state index contributed by atoms with van der Waals surface area (Å²) in [5.74, 6) is 0. The SMILES string of the molecule is [B]CCCCCCOS(C)(C)OC(CCCCCCCCC)OCC. The van der Waals surface area contributed by atoms with E-state index in [4.69, 9.17) is 20.9 Å². The van der Waals surface area contributed by atoms with Crippen LogP contribution in [0.1, 0.15) is 90.9 Å². The van der Waals surface area contributed by atoms with Crippen LogP contribution < -0.4 is 0 Å². The van der Waals surface area contributed by atoms with Gasteiger partial charge in [0.05, 0.1) is 14.5 Å². The summed E-state index contributed by atoms with van der Waals surface area (Å²) in [5, 5.41) is 0. The van der Waals surface area contributed by atoms with Gasteiger partial charge in [0.2, 0.25) is 0 Å². The molecule has 0 aliphatic rings. The first-order valence-electron chi connectivity index (χ1n) is 10.4. The van der Waals surface area contributed by atoms with Crippen LogP contribution in [0.15, 0.2) is 0 Å². The van der Waals surface area contributed by atoms with Crippen LogP contribution in [0.25, 0.3) is 0 Å². The molecule has 25 heavy (non-hydrogen) atoms. The van der Waals surface area contributed by atoms with Crippen molar-refractivity contribution in [3.63, 3.8) is 0 Å². The minimum Gasteiger partial charge on any atom is -0.351 e. The van der Waals surface area contributed by atoms with Crippen molar-refractivity contribution in [1.82, 2.24) is 0 Å². The van der Waals surface area contributed by atoms with Gasteiger partial charge in [-0.15, -0.1) is 0 Å². The summed E-state index contributed by atoms with van der Waals surface area (Å²) in [6.45, 7) is 5.75. The summed E-state index contributed by atoms with van der Waals surface area (Å²) in [5.41, 5.74) is 0. The van der Waals surface area contributed by atoms with Gasteiger partial charge in [0.15, 0.2) is 6.29 Å². The predicted molar refractivity (Wildman–Crippen MR) is 114 cm³/mol. The van der Waals surface area contributed by atoms with Gasteiger partial charge in [-0.1, -0.05) is 71.0 Å². The molecule has 150 valence electrons. The Morgan fingerprint density at radius 3 is 2.04 bits per heavy atom. The molecule has 0 rings (SSSR count). The lowest BCUT2D eigenvalue weighted by Gasteiger charge is -2.38. The third-order valence-corrected chi connectivity index (χ3v) is 5.61. The Morgan fingerprint density at radius 1 is 0.800 bits per heavy atom. The summed E-state index contributed by atoms with van der Waals surface area (Å²) in [4.78, 5) is 0. The lowest BCUT2D eigenvalue weighted by atomic mass is 9.99. The van der Waals surface area contributed by atoms with Crippen LogP contribution in [0.3, 0.4) is 0 Å². The smallest absolute Gasteiger partial charge is 0.180 e. The van der Waals surface area contributed by atoms with E-state index < -0.39 is 10.6 Å². The van der Waals surface area contributed by atoms with Gasteiger partial charge in [0, 0.05) is 25.5 Å². The summed E-state index contributed by atoms with van der Waals surface area (Å²) < 4.78 is 18.0. The van der Waals surface area contributed by atoms with Crippen molar-refractivity contribution < 1.29 is 13.1 Å². The van der Waals surface area contributed by atoms with Crippen LogP contribution in [0, 0.1) is 0 Å². The molecule has 0 heterocycles. The highest BCUT2D eigenvalue weighted by molar-refractivity contribution is 8.24. The maximum Gasteiger partial charge on any atom is 0.180 e. The van der Waals surface area contributed by atoms with Crippen molar-refractivity contribution in [2.24, 2.45) is 0 Å². The zero-order valence-electron chi connectivity index (χ0n) is 17.4. The lowest BCUT2D eigenvalue weighted by Crippen LogP contribution is -2.21. The zero-order valence-corrected chi connectivity index (χ0v) is 18.2. The lowest BCUT2D eigenvalue weighted by molar-refractivity contribution is -0.0785. The third kappa shape index (κ3) is 17.5. The van der Waals surface area contributed by atoms with Gasteiger partial charge in [0.25, 0.3) is 0 Å². The molecule has 0 aliphatic carbocycles. The molecular weight excluding hydrogens is 331 g/mol. The van der Waals surface area contributed by atoms with Crippen LogP contribution in [-0.2, 0) is 13.1 Å². The van der Waals surface area contributed by atoms with Crippen molar-refractivity contribution in [2.75, 3.05) is 25.7 Å². The van der Waals surface area contributed by atoms with E-state index in [1.807, 2.05) is 6.92 Å². The van der Waals surface area contributed by atoms with E-state index in [9.17, 15) is 0 Å². The summed E-state index contributed by atoms with van der Waals surface area (Å²) in [6, 6.07) is 0. The van der Waals surface area contributed by atoms with Crippen molar-refractivity contribution in [2.45, 2.75) is 104 Å². The molecule has 0 saturated carbocycles. The Labute approximate surface area is 161 Å². The van der Waals surface area contributed by atoms with Gasteiger partial charge in [0.1, 0.15) is 0 Å². The van der Waals surface area contributed by atoms with Crippen LogP contribution in [0.5, 0.6) is 0 Å². The molecule has 0 aromatic carbocycles. The van der Waals surface area contributed by atoms with Crippen LogP contribution in [0.4, 0.5) is 0 Å². The second kappa shape index (κ2) is 17.7. The second-order valence-corrected chi connectivity index (χ2v) is 9.77. The van der Waals surface area contributed by atoms with Gasteiger partial charge < -0.3 is 4.74 Å². The highest BCUT2D eigenvalue weighted by Gasteiger charge is 2.17. The highest BCUT2D eigenvalue weighted by Crippen LogP contribution is 2.44. The van der Waals surface area contributed by atoms with E-state index in [0.717, 1.165) is 32.2 Å². The zero-order chi connectivity index (χ0) is 18.8. The molecule has 0 bridgehead atoms. The Kier molecular flexibility index (Phi) is 17.9. The Bertz CT molecular complexity index is 278. The molecule has 1 unspecified atom stereocenters. The average Bonchev–Trinajstić information content (AvgIpc) is 2.57. The van der Waals surface area contributed by atoms with Crippen LogP contribution in [0.2, 0.25) is 6.32 Å². The normalized spacial score (nSPS) is 13.9. The maximum absolute atomic E-state index is 6.17. The summed E-state index contributed by atoms with van der Waals surface area (Å²) in [7, 11) is 4.01. The van der Waals surface area contributed by atoms with Crippen molar-refractivity contribution in [3.05, 3.63) is 0 Å². The second-order valence-electron chi connectivity index (χ2n) is 7.06. The quantitative estimate of drug-likeness (QED) is 0.145. The molecular formula is C20H43BO3S. The third-order valence-electron chi connectivity index (χ3n) is 4.20. The molecule has 0 N–H and O–H groups in total. The van der Waals surface area contributed by atoms with Crippen LogP contribution in [-0.4, -0.2) is 39.9 Å². The minimum atomic E-state index is -1.50. The number of ether oxygens (including phenoxy) is 1. The van der Waals surface area contributed by atoms with E-state index in [1.165, 1.54) is 57.8 Å². The number of hydrogen-bond donors (Lipinski definition) is 0. The number of unbranched alkanes of at least 4 members (excludes halogenated alkanes) is 9. The van der Waals surface area contributed by atoms with Gasteiger partial charge >= 0.3 is 0 Å². The molecule has 0 amide bonds. The average molecular weight is 374 g/mol. The number of rotatable bonds is 19. The van der Waals surface area contributed by atoms with E-state index >= 15 is 0 Å². The number of hydrogen-bond acceptors (Lipinski definition) is 3. The molecule has 0 fully saturated rings. The summed E-state index contributed by atoms with van der Waals surface area (Å²) in [6.07, 6.45) is 19.5. The van der Waals surface area contributed by atoms with Crippen molar-refractivity contribution in [3.8, 4) is 0 Å². The molecule has 2 radical (unpaired) electrons. The van der Waals surface area contributed by atoms with Gasteiger partial charge in [-0.25, -0.2) is 0 Å². The van der Waals surface area contributed by atoms with Gasteiger partial charge in [-0.3, -0.25) is 8.37 Å². The monoisotopic (exact) mass is 374 g/mol. The fourth-order valence-corrected chi connectivity index (χ4v) is 4.00. The maximum atomic E-state index is 6.17. The summed E-state index contributed by atoms with van der Waals surface area (Å²) >= 11 is 0. The van der Waals surface area contributed by atoms with E-state index in [1.54, 1.807) is 0 Å². The Balaban J connectivity index is 3.88. The topological polar surface area (TPSA) is 27.7 Å². The van der Waals surface area contributed by atoms with Gasteiger partial charge in [-0.2, -0.15) is 10.6 Å². The molecule has 0 aliphatic heterocycles. The Morgan fingerprint density at radius 2 is 1.40 bits per heavy atom. The first-order chi connectivity index (χ1) is 12.1. The first kappa shape index (κ1) is 25.3. The molecule has 0 saturated heterocycles. The standard InChI is InChI=1S/C20H43BO3S/c1-5-7-8-9-10-11-14-17-20(22-6-2)24-25(3,4)23-19-16-13-12-15-18-21/h20H,5-19H2,1-4H3. The van der Waals surface area contributed by atoms with Crippen molar-refractivity contribution in [1.29, 1.82) is 0 Å². The molecule has 3 nitrogen and oxygen atoms in total. The van der Waals surface area contributed by atoms with E-state index in [0.29, 0.717) is 6.61 Å². The first-order valence-corrected chi connectivity index (χ1v) is 12.7. The van der Waals surface area contributed by atoms with Gasteiger partial charge in [-0.05, 0) is 19.8 Å². The molecule has 0 aromatic heterocycles.